The summed E-state index contributed by atoms with van der Waals surface area (Å²) in [4.78, 5) is 5.17. The molecule has 4 rings (SSSR count). The van der Waals surface area contributed by atoms with Crippen LogP contribution in [0, 0.1) is 0 Å². The van der Waals surface area contributed by atoms with Gasteiger partial charge in [-0.05, 0) is 37.8 Å². The van der Waals surface area contributed by atoms with Gasteiger partial charge in [-0.1, -0.05) is 25.7 Å². The van der Waals surface area contributed by atoms with E-state index in [4.69, 9.17) is 4.42 Å². The van der Waals surface area contributed by atoms with Gasteiger partial charge in [-0.15, -0.1) is 11.3 Å². The Balaban J connectivity index is 1.49. The fraction of sp³-hybridized carbons (Fsp3) is 0.588. The van der Waals surface area contributed by atoms with Crippen molar-refractivity contribution in [3.8, 4) is 10.6 Å². The second kappa shape index (κ2) is 6.61. The molecule has 2 aromatic rings. The largest absolute Gasteiger partial charge is 0.440 e. The zero-order valence-electron chi connectivity index (χ0n) is 13.5. The fourth-order valence-corrected chi connectivity index (χ4v) is 5.91. The second-order valence-electron chi connectivity index (χ2n) is 6.77. The molecule has 2 aliphatic carbocycles. The van der Waals surface area contributed by atoms with Gasteiger partial charge in [0.25, 0.3) is 0 Å². The van der Waals surface area contributed by atoms with E-state index in [2.05, 4.69) is 9.71 Å². The highest BCUT2D eigenvalue weighted by atomic mass is 32.2. The first kappa shape index (κ1) is 16.3. The van der Waals surface area contributed by atoms with Crippen molar-refractivity contribution in [1.82, 2.24) is 9.71 Å². The predicted molar refractivity (Wildman–Crippen MR) is 93.6 cm³/mol. The number of thiophene rings is 1. The number of oxazole rings is 1. The molecule has 24 heavy (non-hydrogen) atoms. The van der Waals surface area contributed by atoms with Crippen molar-refractivity contribution in [2.45, 2.75) is 67.5 Å². The molecule has 0 spiro atoms. The molecule has 2 aromatic heterocycles. The molecule has 7 heteroatoms. The van der Waals surface area contributed by atoms with Crippen LogP contribution in [0.25, 0.3) is 10.6 Å². The van der Waals surface area contributed by atoms with Crippen molar-refractivity contribution in [3.05, 3.63) is 24.2 Å². The Labute approximate surface area is 146 Å². The molecule has 2 heterocycles. The number of hydrogen-bond donors (Lipinski definition) is 1. The van der Waals surface area contributed by atoms with Crippen molar-refractivity contribution < 1.29 is 12.8 Å². The lowest BCUT2D eigenvalue weighted by Gasteiger charge is -2.22. The summed E-state index contributed by atoms with van der Waals surface area (Å²) in [7, 11) is -3.44. The molecule has 0 bridgehead atoms. The van der Waals surface area contributed by atoms with Crippen LogP contribution in [0.1, 0.15) is 63.2 Å². The zero-order valence-corrected chi connectivity index (χ0v) is 15.2. The lowest BCUT2D eigenvalue weighted by Crippen LogP contribution is -2.35. The second-order valence-corrected chi connectivity index (χ2v) is 9.79. The Morgan fingerprint density at radius 2 is 1.88 bits per heavy atom. The minimum atomic E-state index is -3.44. The van der Waals surface area contributed by atoms with Crippen molar-refractivity contribution >= 4 is 21.4 Å². The van der Waals surface area contributed by atoms with E-state index in [1.807, 2.05) is 6.07 Å². The number of sulfonamides is 1. The van der Waals surface area contributed by atoms with E-state index in [9.17, 15) is 8.42 Å². The van der Waals surface area contributed by atoms with Gasteiger partial charge in [0.05, 0.1) is 11.1 Å². The molecular weight excluding hydrogens is 344 g/mol. The quantitative estimate of drug-likeness (QED) is 0.857. The van der Waals surface area contributed by atoms with Crippen LogP contribution in [-0.2, 0) is 10.0 Å². The van der Waals surface area contributed by atoms with E-state index < -0.39 is 10.0 Å². The van der Waals surface area contributed by atoms with Gasteiger partial charge in [-0.25, -0.2) is 18.1 Å². The van der Waals surface area contributed by atoms with Gasteiger partial charge in [-0.2, -0.15) is 0 Å². The summed E-state index contributed by atoms with van der Waals surface area (Å²) in [6.45, 7) is 0. The number of nitrogens with zero attached hydrogens (tertiary/aromatic N) is 1. The van der Waals surface area contributed by atoms with Crippen molar-refractivity contribution in [2.24, 2.45) is 0 Å². The van der Waals surface area contributed by atoms with E-state index in [1.54, 1.807) is 12.3 Å². The highest BCUT2D eigenvalue weighted by Gasteiger charge is 2.26. The molecule has 0 unspecified atom stereocenters. The van der Waals surface area contributed by atoms with Crippen LogP contribution in [0.4, 0.5) is 0 Å². The summed E-state index contributed by atoms with van der Waals surface area (Å²) in [5.41, 5.74) is 0. The first-order valence-corrected chi connectivity index (χ1v) is 11.0. The van der Waals surface area contributed by atoms with Gasteiger partial charge in [0.15, 0.2) is 11.7 Å². The highest BCUT2D eigenvalue weighted by Crippen LogP contribution is 2.38. The Hall–Kier alpha value is -1.18. The fourth-order valence-electron chi connectivity index (χ4n) is 3.34. The summed E-state index contributed by atoms with van der Waals surface area (Å²) in [5.74, 6) is 1.89. The van der Waals surface area contributed by atoms with Gasteiger partial charge in [-0.3, -0.25) is 0 Å². The summed E-state index contributed by atoms with van der Waals surface area (Å²) < 4.78 is 34.2. The number of hydrogen-bond acceptors (Lipinski definition) is 5. The molecule has 0 aromatic carbocycles. The van der Waals surface area contributed by atoms with E-state index >= 15 is 0 Å². The zero-order chi connectivity index (χ0) is 16.6. The molecule has 0 amide bonds. The SMILES string of the molecule is O=S(=O)(NC1CCCCC1)c1ccc(-c2cnc(C3CCC3)o2)s1. The van der Waals surface area contributed by atoms with Crippen LogP contribution in [0.2, 0.25) is 0 Å². The molecule has 5 nitrogen and oxygen atoms in total. The van der Waals surface area contributed by atoms with E-state index in [1.165, 1.54) is 24.2 Å². The Bertz CT molecular complexity index is 799. The summed E-state index contributed by atoms with van der Waals surface area (Å²) in [5, 5.41) is 0. The maximum Gasteiger partial charge on any atom is 0.250 e. The predicted octanol–water partition coefficient (Wildman–Crippen LogP) is 4.28. The number of nitrogens with one attached hydrogen (secondary N) is 1. The molecule has 2 saturated carbocycles. The molecule has 1 N–H and O–H groups in total. The summed E-state index contributed by atoms with van der Waals surface area (Å²) in [6.07, 6.45) is 10.5. The van der Waals surface area contributed by atoms with Crippen LogP contribution < -0.4 is 4.72 Å². The minimum absolute atomic E-state index is 0.0739. The van der Waals surface area contributed by atoms with Gasteiger partial charge >= 0.3 is 0 Å². The third-order valence-electron chi connectivity index (χ3n) is 4.99. The lowest BCUT2D eigenvalue weighted by atomic mass is 9.85. The normalized spacial score (nSPS) is 20.2. The van der Waals surface area contributed by atoms with Crippen molar-refractivity contribution in [3.63, 3.8) is 0 Å². The monoisotopic (exact) mass is 366 g/mol. The van der Waals surface area contributed by atoms with E-state index in [-0.39, 0.29) is 6.04 Å². The van der Waals surface area contributed by atoms with Crippen LogP contribution in [0.15, 0.2) is 27.0 Å². The van der Waals surface area contributed by atoms with Gasteiger partial charge < -0.3 is 4.42 Å². The van der Waals surface area contributed by atoms with Crippen molar-refractivity contribution in [1.29, 1.82) is 0 Å². The van der Waals surface area contributed by atoms with Gasteiger partial charge in [0.1, 0.15) is 4.21 Å². The molecule has 2 fully saturated rings. The number of rotatable bonds is 5. The third-order valence-corrected chi connectivity index (χ3v) is 8.11. The van der Waals surface area contributed by atoms with Crippen LogP contribution >= 0.6 is 11.3 Å². The van der Waals surface area contributed by atoms with Gasteiger partial charge in [0.2, 0.25) is 10.0 Å². The molecule has 2 aliphatic rings. The molecule has 0 atom stereocenters. The molecular formula is C17H22N2O3S2. The lowest BCUT2D eigenvalue weighted by molar-refractivity contribution is 0.338. The third kappa shape index (κ3) is 3.30. The summed E-state index contributed by atoms with van der Waals surface area (Å²) in [6, 6.07) is 3.55. The first-order chi connectivity index (χ1) is 11.6. The van der Waals surface area contributed by atoms with E-state index in [0.717, 1.165) is 49.3 Å². The standard InChI is InChI=1S/C17H22N2O3S2/c20-24(21,19-13-7-2-1-3-8-13)16-10-9-15(23-16)14-11-18-17(22-14)12-5-4-6-12/h9-13,19H,1-8H2. The summed E-state index contributed by atoms with van der Waals surface area (Å²) >= 11 is 1.25. The smallest absolute Gasteiger partial charge is 0.250 e. The highest BCUT2D eigenvalue weighted by molar-refractivity contribution is 7.91. The first-order valence-electron chi connectivity index (χ1n) is 8.70. The Kier molecular flexibility index (Phi) is 4.49. The maximum absolute atomic E-state index is 12.6. The molecule has 0 radical (unpaired) electrons. The molecule has 0 saturated heterocycles. The Morgan fingerprint density at radius 3 is 2.58 bits per heavy atom. The number of aromatic nitrogens is 1. The minimum Gasteiger partial charge on any atom is -0.440 e. The van der Waals surface area contributed by atoms with E-state index in [0.29, 0.717) is 15.9 Å². The average molecular weight is 367 g/mol. The maximum atomic E-state index is 12.6. The average Bonchev–Trinajstić information content (AvgIpc) is 3.15. The van der Waals surface area contributed by atoms with Crippen LogP contribution in [-0.4, -0.2) is 19.4 Å². The Morgan fingerprint density at radius 1 is 1.08 bits per heavy atom. The van der Waals surface area contributed by atoms with Gasteiger partial charge in [0, 0.05) is 12.0 Å². The molecule has 130 valence electrons. The van der Waals surface area contributed by atoms with Crippen molar-refractivity contribution in [2.75, 3.05) is 0 Å². The van der Waals surface area contributed by atoms with Crippen LogP contribution in [0.3, 0.4) is 0 Å². The van der Waals surface area contributed by atoms with Crippen LogP contribution in [0.5, 0.6) is 0 Å². The molecule has 0 aliphatic heterocycles. The topological polar surface area (TPSA) is 72.2 Å².